The maximum atomic E-state index is 12.1. The molecule has 0 saturated heterocycles. The van der Waals surface area contributed by atoms with Gasteiger partial charge >= 0.3 is 0 Å². The molecule has 0 atom stereocenters. The number of aromatic nitrogens is 1. The van der Waals surface area contributed by atoms with Crippen molar-refractivity contribution in [3.05, 3.63) is 40.7 Å². The number of thiophene rings is 1. The Morgan fingerprint density at radius 1 is 1.30 bits per heavy atom. The highest BCUT2D eigenvalue weighted by atomic mass is 32.2. The Bertz CT molecular complexity index is 622. The lowest BCUT2D eigenvalue weighted by molar-refractivity contribution is 0.581. The molecule has 0 saturated carbocycles. The van der Waals surface area contributed by atoms with Gasteiger partial charge in [0, 0.05) is 19.3 Å². The van der Waals surface area contributed by atoms with Crippen LogP contribution in [-0.4, -0.2) is 26.5 Å². The SMILES string of the molecule is CCNc1ccc(S(=O)(=O)NCCc2ccsc2)cn1. The van der Waals surface area contributed by atoms with Crippen LogP contribution in [0.5, 0.6) is 0 Å². The standard InChI is InChI=1S/C13H17N3O2S2/c1-2-14-13-4-3-12(9-15-13)20(17,18)16-7-5-11-6-8-19-10-11/h3-4,6,8-10,16H,2,5,7H2,1H3,(H,14,15). The number of rotatable bonds is 7. The van der Waals surface area contributed by atoms with Crippen LogP contribution in [0.25, 0.3) is 0 Å². The van der Waals surface area contributed by atoms with Gasteiger partial charge in [0.2, 0.25) is 10.0 Å². The van der Waals surface area contributed by atoms with Crippen LogP contribution in [0.3, 0.4) is 0 Å². The normalized spacial score (nSPS) is 11.4. The van der Waals surface area contributed by atoms with Crippen LogP contribution in [-0.2, 0) is 16.4 Å². The number of sulfonamides is 1. The summed E-state index contributed by atoms with van der Waals surface area (Å²) < 4.78 is 26.7. The quantitative estimate of drug-likeness (QED) is 0.821. The van der Waals surface area contributed by atoms with Crippen molar-refractivity contribution in [3.63, 3.8) is 0 Å². The van der Waals surface area contributed by atoms with Gasteiger partial charge in [0.25, 0.3) is 0 Å². The zero-order valence-corrected chi connectivity index (χ0v) is 12.8. The molecule has 108 valence electrons. The highest BCUT2D eigenvalue weighted by molar-refractivity contribution is 7.89. The molecule has 0 amide bonds. The summed E-state index contributed by atoms with van der Waals surface area (Å²) in [6.45, 7) is 3.09. The van der Waals surface area contributed by atoms with Crippen molar-refractivity contribution in [2.45, 2.75) is 18.2 Å². The molecule has 5 nitrogen and oxygen atoms in total. The first-order valence-electron chi connectivity index (χ1n) is 6.32. The second-order valence-electron chi connectivity index (χ2n) is 4.19. The molecule has 2 aromatic heterocycles. The number of hydrogen-bond acceptors (Lipinski definition) is 5. The van der Waals surface area contributed by atoms with E-state index in [9.17, 15) is 8.42 Å². The van der Waals surface area contributed by atoms with Gasteiger partial charge in [-0.15, -0.1) is 0 Å². The van der Waals surface area contributed by atoms with Gasteiger partial charge < -0.3 is 5.32 Å². The van der Waals surface area contributed by atoms with Gasteiger partial charge in [-0.2, -0.15) is 11.3 Å². The monoisotopic (exact) mass is 311 g/mol. The molecule has 2 aromatic rings. The van der Waals surface area contributed by atoms with Crippen molar-refractivity contribution < 1.29 is 8.42 Å². The molecular weight excluding hydrogens is 294 g/mol. The van der Waals surface area contributed by atoms with Crippen molar-refractivity contribution in [2.75, 3.05) is 18.4 Å². The van der Waals surface area contributed by atoms with E-state index in [2.05, 4.69) is 15.0 Å². The topological polar surface area (TPSA) is 71.1 Å². The van der Waals surface area contributed by atoms with Crippen molar-refractivity contribution in [3.8, 4) is 0 Å². The summed E-state index contributed by atoms with van der Waals surface area (Å²) in [5.41, 5.74) is 1.14. The van der Waals surface area contributed by atoms with Gasteiger partial charge in [-0.1, -0.05) is 0 Å². The molecule has 2 heterocycles. The first-order valence-corrected chi connectivity index (χ1v) is 8.75. The van der Waals surface area contributed by atoms with E-state index >= 15 is 0 Å². The Balaban J connectivity index is 1.95. The molecule has 0 spiro atoms. The molecule has 0 bridgehead atoms. The van der Waals surface area contributed by atoms with Crippen molar-refractivity contribution in [2.24, 2.45) is 0 Å². The Hall–Kier alpha value is -1.44. The zero-order chi connectivity index (χ0) is 14.4. The van der Waals surface area contributed by atoms with Gasteiger partial charge in [-0.25, -0.2) is 18.1 Å². The van der Waals surface area contributed by atoms with Crippen LogP contribution in [0.1, 0.15) is 12.5 Å². The van der Waals surface area contributed by atoms with E-state index in [0.717, 1.165) is 12.1 Å². The Morgan fingerprint density at radius 2 is 2.15 bits per heavy atom. The van der Waals surface area contributed by atoms with Crippen LogP contribution >= 0.6 is 11.3 Å². The van der Waals surface area contributed by atoms with Gasteiger partial charge in [-0.05, 0) is 47.9 Å². The summed E-state index contributed by atoms with van der Waals surface area (Å²) in [7, 11) is -3.48. The minimum Gasteiger partial charge on any atom is -0.370 e. The molecule has 0 fully saturated rings. The van der Waals surface area contributed by atoms with Crippen LogP contribution in [0, 0.1) is 0 Å². The maximum absolute atomic E-state index is 12.1. The Labute approximate surface area is 123 Å². The van der Waals surface area contributed by atoms with Gasteiger partial charge in [0.05, 0.1) is 0 Å². The van der Waals surface area contributed by atoms with Crippen LogP contribution in [0.2, 0.25) is 0 Å². The van der Waals surface area contributed by atoms with Crippen LogP contribution < -0.4 is 10.0 Å². The lowest BCUT2D eigenvalue weighted by Gasteiger charge is -2.07. The largest absolute Gasteiger partial charge is 0.370 e. The number of anilines is 1. The summed E-state index contributed by atoms with van der Waals surface area (Å²) in [6, 6.07) is 5.21. The molecule has 0 aliphatic rings. The number of pyridine rings is 1. The molecule has 2 rings (SSSR count). The molecule has 2 N–H and O–H groups in total. The zero-order valence-electron chi connectivity index (χ0n) is 11.2. The van der Waals surface area contributed by atoms with Gasteiger partial charge in [0.1, 0.15) is 10.7 Å². The molecule has 0 aliphatic heterocycles. The highest BCUT2D eigenvalue weighted by Gasteiger charge is 2.13. The first-order chi connectivity index (χ1) is 9.62. The van der Waals surface area contributed by atoms with Crippen molar-refractivity contribution in [1.29, 1.82) is 0 Å². The minimum absolute atomic E-state index is 0.185. The molecule has 0 aromatic carbocycles. The maximum Gasteiger partial charge on any atom is 0.242 e. The fourth-order valence-corrected chi connectivity index (χ4v) is 3.35. The predicted molar refractivity (Wildman–Crippen MR) is 81.6 cm³/mol. The molecular formula is C13H17N3O2S2. The lowest BCUT2D eigenvalue weighted by atomic mass is 10.2. The van der Waals surface area contributed by atoms with E-state index in [0.29, 0.717) is 18.8 Å². The molecule has 0 unspecified atom stereocenters. The fourth-order valence-electron chi connectivity index (χ4n) is 1.67. The van der Waals surface area contributed by atoms with Crippen molar-refractivity contribution >= 4 is 27.2 Å². The summed E-state index contributed by atoms with van der Waals surface area (Å²) in [5, 5.41) is 7.02. The van der Waals surface area contributed by atoms with E-state index in [1.807, 2.05) is 23.8 Å². The fraction of sp³-hybridized carbons (Fsp3) is 0.308. The highest BCUT2D eigenvalue weighted by Crippen LogP contribution is 2.11. The second kappa shape index (κ2) is 6.83. The van der Waals surface area contributed by atoms with Gasteiger partial charge in [-0.3, -0.25) is 0 Å². The third-order valence-corrected chi connectivity index (χ3v) is 4.87. The van der Waals surface area contributed by atoms with E-state index in [-0.39, 0.29) is 4.90 Å². The second-order valence-corrected chi connectivity index (χ2v) is 6.74. The molecule has 0 radical (unpaired) electrons. The minimum atomic E-state index is -3.48. The Morgan fingerprint density at radius 3 is 2.75 bits per heavy atom. The van der Waals surface area contributed by atoms with Crippen LogP contribution in [0.15, 0.2) is 40.1 Å². The summed E-state index contributed by atoms with van der Waals surface area (Å²) in [6.07, 6.45) is 2.05. The van der Waals surface area contributed by atoms with E-state index in [4.69, 9.17) is 0 Å². The first kappa shape index (κ1) is 15.0. The summed E-state index contributed by atoms with van der Waals surface area (Å²) in [5.74, 6) is 0.671. The van der Waals surface area contributed by atoms with E-state index < -0.39 is 10.0 Å². The molecule has 7 heteroatoms. The van der Waals surface area contributed by atoms with Crippen molar-refractivity contribution in [1.82, 2.24) is 9.71 Å². The average molecular weight is 311 g/mol. The number of nitrogens with zero attached hydrogens (tertiary/aromatic N) is 1. The average Bonchev–Trinajstić information content (AvgIpc) is 2.93. The summed E-state index contributed by atoms with van der Waals surface area (Å²) in [4.78, 5) is 4.25. The Kier molecular flexibility index (Phi) is 5.11. The van der Waals surface area contributed by atoms with Crippen LogP contribution in [0.4, 0.5) is 5.82 Å². The van der Waals surface area contributed by atoms with Gasteiger partial charge in [0.15, 0.2) is 0 Å². The van der Waals surface area contributed by atoms with E-state index in [1.165, 1.54) is 6.20 Å². The predicted octanol–water partition coefficient (Wildman–Crippen LogP) is 2.10. The summed E-state index contributed by atoms with van der Waals surface area (Å²) >= 11 is 1.61. The molecule has 0 aliphatic carbocycles. The number of hydrogen-bond donors (Lipinski definition) is 2. The lowest BCUT2D eigenvalue weighted by Crippen LogP contribution is -2.26. The van der Waals surface area contributed by atoms with E-state index in [1.54, 1.807) is 23.5 Å². The smallest absolute Gasteiger partial charge is 0.242 e. The third kappa shape index (κ3) is 4.03. The third-order valence-electron chi connectivity index (χ3n) is 2.69. The molecule has 20 heavy (non-hydrogen) atoms. The number of nitrogens with one attached hydrogen (secondary N) is 2.